The number of aliphatic carboxylic acids is 1. The van der Waals surface area contributed by atoms with Crippen LogP contribution in [0.3, 0.4) is 0 Å². The molecule has 3 N–H and O–H groups in total. The fourth-order valence-electron chi connectivity index (χ4n) is 1.54. The minimum absolute atomic E-state index is 0.163. The van der Waals surface area contributed by atoms with Crippen molar-refractivity contribution in [3.8, 4) is 0 Å². The van der Waals surface area contributed by atoms with E-state index < -0.39 is 5.97 Å². The predicted molar refractivity (Wildman–Crippen MR) is 49.6 cm³/mol. The van der Waals surface area contributed by atoms with E-state index in [0.717, 1.165) is 32.7 Å². The second-order valence-corrected chi connectivity index (χ2v) is 3.30. The van der Waals surface area contributed by atoms with Crippen LogP contribution in [0.15, 0.2) is 0 Å². The van der Waals surface area contributed by atoms with Gasteiger partial charge in [-0.1, -0.05) is 0 Å². The number of carboxylic acid groups (broad SMARTS) is 1. The van der Waals surface area contributed by atoms with E-state index in [1.807, 2.05) is 4.90 Å². The van der Waals surface area contributed by atoms with Gasteiger partial charge in [0, 0.05) is 39.3 Å². The molecule has 0 radical (unpaired) electrons. The van der Waals surface area contributed by atoms with Crippen LogP contribution < -0.4 is 5.73 Å². The standard InChI is InChI=1S/C8H17N3O2/c9-1-2-10-3-5-11(6-4-10)7-8(12)13/h1-7,9H2,(H,12,13). The first-order valence-electron chi connectivity index (χ1n) is 4.59. The van der Waals surface area contributed by atoms with Crippen LogP contribution in [-0.2, 0) is 4.79 Å². The van der Waals surface area contributed by atoms with Gasteiger partial charge in [-0.15, -0.1) is 0 Å². The second kappa shape index (κ2) is 5.16. The van der Waals surface area contributed by atoms with Gasteiger partial charge in [-0.25, -0.2) is 0 Å². The Labute approximate surface area is 78.1 Å². The van der Waals surface area contributed by atoms with Crippen LogP contribution in [0.1, 0.15) is 0 Å². The number of carbonyl (C=O) groups is 1. The molecule has 0 aromatic carbocycles. The van der Waals surface area contributed by atoms with Crippen LogP contribution in [0.2, 0.25) is 0 Å². The van der Waals surface area contributed by atoms with Crippen molar-refractivity contribution in [2.75, 3.05) is 45.8 Å². The first-order chi connectivity index (χ1) is 6.22. The van der Waals surface area contributed by atoms with Crippen molar-refractivity contribution in [3.63, 3.8) is 0 Å². The molecule has 1 aliphatic rings. The molecule has 1 aliphatic heterocycles. The molecule has 5 nitrogen and oxygen atoms in total. The number of rotatable bonds is 4. The van der Waals surface area contributed by atoms with Gasteiger partial charge in [0.05, 0.1) is 6.54 Å². The Balaban J connectivity index is 2.18. The highest BCUT2D eigenvalue weighted by molar-refractivity contribution is 5.69. The zero-order valence-electron chi connectivity index (χ0n) is 7.78. The summed E-state index contributed by atoms with van der Waals surface area (Å²) in [4.78, 5) is 14.6. The minimum Gasteiger partial charge on any atom is -0.480 e. The van der Waals surface area contributed by atoms with Gasteiger partial charge in [0.2, 0.25) is 0 Å². The Kier molecular flexibility index (Phi) is 4.14. The van der Waals surface area contributed by atoms with Gasteiger partial charge in [-0.2, -0.15) is 0 Å². The first kappa shape index (κ1) is 10.4. The van der Waals surface area contributed by atoms with Crippen molar-refractivity contribution < 1.29 is 9.90 Å². The fourth-order valence-corrected chi connectivity index (χ4v) is 1.54. The third-order valence-electron chi connectivity index (χ3n) is 2.27. The molecule has 0 aromatic heterocycles. The lowest BCUT2D eigenvalue weighted by Crippen LogP contribution is -2.48. The molecular weight excluding hydrogens is 170 g/mol. The average Bonchev–Trinajstić information content (AvgIpc) is 2.08. The summed E-state index contributed by atoms with van der Waals surface area (Å²) in [5.74, 6) is -0.743. The molecule has 1 fully saturated rings. The van der Waals surface area contributed by atoms with Crippen LogP contribution >= 0.6 is 0 Å². The van der Waals surface area contributed by atoms with E-state index >= 15 is 0 Å². The molecule has 0 amide bonds. The van der Waals surface area contributed by atoms with Gasteiger partial charge in [0.1, 0.15) is 0 Å². The van der Waals surface area contributed by atoms with Crippen LogP contribution in [0.5, 0.6) is 0 Å². The highest BCUT2D eigenvalue weighted by atomic mass is 16.4. The predicted octanol–water partition coefficient (Wildman–Crippen LogP) is -1.35. The van der Waals surface area contributed by atoms with E-state index in [-0.39, 0.29) is 6.54 Å². The molecule has 0 atom stereocenters. The van der Waals surface area contributed by atoms with E-state index in [2.05, 4.69) is 4.90 Å². The lowest BCUT2D eigenvalue weighted by Gasteiger charge is -2.33. The molecule has 0 spiro atoms. The summed E-state index contributed by atoms with van der Waals surface area (Å²) >= 11 is 0. The van der Waals surface area contributed by atoms with Crippen molar-refractivity contribution in [3.05, 3.63) is 0 Å². The summed E-state index contributed by atoms with van der Waals surface area (Å²) in [6.07, 6.45) is 0. The van der Waals surface area contributed by atoms with Crippen LogP contribution in [-0.4, -0.2) is 66.7 Å². The van der Waals surface area contributed by atoms with Crippen molar-refractivity contribution in [1.82, 2.24) is 9.80 Å². The summed E-state index contributed by atoms with van der Waals surface area (Å²) in [7, 11) is 0. The summed E-state index contributed by atoms with van der Waals surface area (Å²) in [5.41, 5.74) is 5.43. The van der Waals surface area contributed by atoms with Crippen molar-refractivity contribution in [1.29, 1.82) is 0 Å². The van der Waals surface area contributed by atoms with E-state index in [4.69, 9.17) is 10.8 Å². The lowest BCUT2D eigenvalue weighted by molar-refractivity contribution is -0.138. The summed E-state index contributed by atoms with van der Waals surface area (Å²) in [5, 5.41) is 8.56. The van der Waals surface area contributed by atoms with Crippen LogP contribution in [0.25, 0.3) is 0 Å². The number of nitrogens with two attached hydrogens (primary N) is 1. The van der Waals surface area contributed by atoms with Gasteiger partial charge >= 0.3 is 5.97 Å². The molecular formula is C8H17N3O2. The maximum absolute atomic E-state index is 10.4. The molecule has 0 aromatic rings. The van der Waals surface area contributed by atoms with Gasteiger partial charge < -0.3 is 10.8 Å². The molecule has 1 saturated heterocycles. The molecule has 1 heterocycles. The van der Waals surface area contributed by atoms with Gasteiger partial charge in [0.15, 0.2) is 0 Å². The topological polar surface area (TPSA) is 69.8 Å². The van der Waals surface area contributed by atoms with Gasteiger partial charge in [0.25, 0.3) is 0 Å². The maximum Gasteiger partial charge on any atom is 0.317 e. The van der Waals surface area contributed by atoms with Gasteiger partial charge in [-0.3, -0.25) is 14.6 Å². The van der Waals surface area contributed by atoms with E-state index in [9.17, 15) is 4.79 Å². The smallest absolute Gasteiger partial charge is 0.317 e. The second-order valence-electron chi connectivity index (χ2n) is 3.30. The number of nitrogens with zero attached hydrogens (tertiary/aromatic N) is 2. The number of piperazine rings is 1. The Morgan fingerprint density at radius 3 is 2.23 bits per heavy atom. The summed E-state index contributed by atoms with van der Waals surface area (Å²) < 4.78 is 0. The summed E-state index contributed by atoms with van der Waals surface area (Å²) in [6.45, 7) is 5.31. The Bertz CT molecular complexity index is 167. The minimum atomic E-state index is -0.743. The molecule has 0 saturated carbocycles. The molecule has 13 heavy (non-hydrogen) atoms. The van der Waals surface area contributed by atoms with Crippen molar-refractivity contribution in [2.45, 2.75) is 0 Å². The Morgan fingerprint density at radius 2 is 1.77 bits per heavy atom. The number of hydrogen-bond donors (Lipinski definition) is 2. The van der Waals surface area contributed by atoms with E-state index in [0.29, 0.717) is 6.54 Å². The molecule has 1 rings (SSSR count). The van der Waals surface area contributed by atoms with Crippen molar-refractivity contribution >= 4 is 5.97 Å². The molecule has 76 valence electrons. The summed E-state index contributed by atoms with van der Waals surface area (Å²) in [6, 6.07) is 0. The monoisotopic (exact) mass is 187 g/mol. The largest absolute Gasteiger partial charge is 0.480 e. The average molecular weight is 187 g/mol. The Morgan fingerprint density at radius 1 is 1.23 bits per heavy atom. The molecule has 5 heteroatoms. The number of hydrogen-bond acceptors (Lipinski definition) is 4. The zero-order chi connectivity index (χ0) is 9.68. The zero-order valence-corrected chi connectivity index (χ0v) is 7.78. The SMILES string of the molecule is NCCN1CCN(CC(=O)O)CC1. The van der Waals surface area contributed by atoms with Crippen LogP contribution in [0.4, 0.5) is 0 Å². The fraction of sp³-hybridized carbons (Fsp3) is 0.875. The maximum atomic E-state index is 10.4. The first-order valence-corrected chi connectivity index (χ1v) is 4.59. The van der Waals surface area contributed by atoms with Crippen molar-refractivity contribution in [2.24, 2.45) is 5.73 Å². The van der Waals surface area contributed by atoms with E-state index in [1.165, 1.54) is 0 Å². The number of carboxylic acids is 1. The van der Waals surface area contributed by atoms with Gasteiger partial charge in [-0.05, 0) is 0 Å². The van der Waals surface area contributed by atoms with E-state index in [1.54, 1.807) is 0 Å². The normalized spacial score (nSPS) is 20.4. The molecule has 0 aliphatic carbocycles. The van der Waals surface area contributed by atoms with Crippen LogP contribution in [0, 0.1) is 0 Å². The highest BCUT2D eigenvalue weighted by Crippen LogP contribution is 1.99. The molecule has 0 bridgehead atoms. The highest BCUT2D eigenvalue weighted by Gasteiger charge is 2.17. The third kappa shape index (κ3) is 3.71. The quantitative estimate of drug-likeness (QED) is 0.569. The Hall–Kier alpha value is -0.650. The molecule has 0 unspecified atom stereocenters. The third-order valence-corrected chi connectivity index (χ3v) is 2.27. The lowest BCUT2D eigenvalue weighted by atomic mass is 10.3.